The molecule has 1 atom stereocenters. The Balaban J connectivity index is 3.10. The number of hydrogen-bond donors (Lipinski definition) is 2. The Bertz CT molecular complexity index is 628. The van der Waals surface area contributed by atoms with Crippen molar-refractivity contribution in [2.24, 2.45) is 5.41 Å². The Kier molecular flexibility index (Phi) is 8.35. The highest BCUT2D eigenvalue weighted by atomic mass is 32.2. The summed E-state index contributed by atoms with van der Waals surface area (Å²) in [4.78, 5) is 24.1. The highest BCUT2D eigenvalue weighted by Gasteiger charge is 2.49. The fraction of sp³-hybridized carbons (Fsp3) is 0.619. The fourth-order valence-electron chi connectivity index (χ4n) is 3.24. The molecule has 1 aliphatic carbocycles. The van der Waals surface area contributed by atoms with Gasteiger partial charge in [-0.05, 0) is 43.2 Å². The molecule has 1 aliphatic rings. The Morgan fingerprint density at radius 2 is 1.92 bits per heavy atom. The normalized spacial score (nSPS) is 23.8. The van der Waals surface area contributed by atoms with Crippen LogP contribution in [0.1, 0.15) is 66.7 Å². The smallest absolute Gasteiger partial charge is 0.328 e. The van der Waals surface area contributed by atoms with Crippen LogP contribution < -0.4 is 0 Å². The third kappa shape index (κ3) is 5.58. The van der Waals surface area contributed by atoms with Crippen molar-refractivity contribution in [2.45, 2.75) is 72.3 Å². The molecule has 4 nitrogen and oxygen atoms in total. The van der Waals surface area contributed by atoms with Gasteiger partial charge in [0.05, 0.1) is 4.91 Å². The third-order valence-corrected chi connectivity index (χ3v) is 6.30. The number of thioether (sulfide) groups is 1. The van der Waals surface area contributed by atoms with Gasteiger partial charge in [0.25, 0.3) is 0 Å². The number of aliphatic carboxylic acids is 1. The lowest BCUT2D eigenvalue weighted by molar-refractivity contribution is -0.131. The quantitative estimate of drug-likeness (QED) is 0.338. The van der Waals surface area contributed by atoms with Crippen molar-refractivity contribution in [3.05, 3.63) is 34.3 Å². The number of rotatable bonds is 9. The van der Waals surface area contributed by atoms with Crippen LogP contribution in [0, 0.1) is 5.41 Å². The summed E-state index contributed by atoms with van der Waals surface area (Å²) in [6, 6.07) is 0. The average molecular weight is 381 g/mol. The SMILES string of the molecule is CCCCCCSC1=C(C)[C@](O)(/C=C/C(C)=C\C(=O)O)C(C)(C)CC1=O. The van der Waals surface area contributed by atoms with Crippen LogP contribution in [0.25, 0.3) is 0 Å². The van der Waals surface area contributed by atoms with E-state index in [1.54, 1.807) is 19.1 Å². The highest BCUT2D eigenvalue weighted by Crippen LogP contribution is 2.48. The molecule has 0 bridgehead atoms. The number of carbonyl (C=O) groups excluding carboxylic acids is 1. The van der Waals surface area contributed by atoms with Gasteiger partial charge < -0.3 is 10.2 Å². The predicted molar refractivity (Wildman–Crippen MR) is 108 cm³/mol. The molecule has 0 fully saturated rings. The minimum absolute atomic E-state index is 0.0869. The van der Waals surface area contributed by atoms with E-state index in [2.05, 4.69) is 6.92 Å². The molecule has 0 spiro atoms. The zero-order valence-electron chi connectivity index (χ0n) is 16.6. The van der Waals surface area contributed by atoms with Crippen molar-refractivity contribution in [3.63, 3.8) is 0 Å². The number of carbonyl (C=O) groups is 2. The first kappa shape index (κ1) is 22.7. The molecule has 0 aliphatic heterocycles. The molecule has 0 amide bonds. The highest BCUT2D eigenvalue weighted by molar-refractivity contribution is 8.04. The molecule has 2 N–H and O–H groups in total. The van der Waals surface area contributed by atoms with Crippen LogP contribution in [-0.2, 0) is 9.59 Å². The summed E-state index contributed by atoms with van der Waals surface area (Å²) >= 11 is 1.54. The van der Waals surface area contributed by atoms with Crippen molar-refractivity contribution in [2.75, 3.05) is 5.75 Å². The molecule has 146 valence electrons. The second kappa shape index (κ2) is 9.56. The first-order chi connectivity index (χ1) is 12.0. The Morgan fingerprint density at radius 1 is 1.27 bits per heavy atom. The number of aliphatic hydroxyl groups is 1. The van der Waals surface area contributed by atoms with E-state index >= 15 is 0 Å². The zero-order valence-corrected chi connectivity index (χ0v) is 17.4. The van der Waals surface area contributed by atoms with E-state index in [1.165, 1.54) is 24.6 Å². The Morgan fingerprint density at radius 3 is 2.50 bits per heavy atom. The summed E-state index contributed by atoms with van der Waals surface area (Å²) in [5.74, 6) is -0.0620. The van der Waals surface area contributed by atoms with Gasteiger partial charge in [0, 0.05) is 17.9 Å². The molecule has 5 heteroatoms. The van der Waals surface area contributed by atoms with E-state index in [0.717, 1.165) is 24.7 Å². The van der Waals surface area contributed by atoms with E-state index in [4.69, 9.17) is 5.11 Å². The van der Waals surface area contributed by atoms with Crippen molar-refractivity contribution >= 4 is 23.5 Å². The first-order valence-electron chi connectivity index (χ1n) is 9.25. The van der Waals surface area contributed by atoms with Gasteiger partial charge in [-0.3, -0.25) is 4.79 Å². The summed E-state index contributed by atoms with van der Waals surface area (Å²) in [5.41, 5.74) is -0.723. The summed E-state index contributed by atoms with van der Waals surface area (Å²) in [6.07, 6.45) is 9.21. The van der Waals surface area contributed by atoms with Gasteiger partial charge in [0.1, 0.15) is 5.60 Å². The second-order valence-corrected chi connectivity index (χ2v) is 8.78. The maximum Gasteiger partial charge on any atom is 0.328 e. The van der Waals surface area contributed by atoms with Crippen LogP contribution in [0.5, 0.6) is 0 Å². The molecule has 1 rings (SSSR count). The van der Waals surface area contributed by atoms with Crippen molar-refractivity contribution in [1.82, 2.24) is 0 Å². The third-order valence-electron chi connectivity index (χ3n) is 4.98. The molecule has 26 heavy (non-hydrogen) atoms. The van der Waals surface area contributed by atoms with Crippen molar-refractivity contribution in [1.29, 1.82) is 0 Å². The maximum absolute atomic E-state index is 12.6. The lowest BCUT2D eigenvalue weighted by Crippen LogP contribution is -2.49. The molecule has 0 saturated carbocycles. The van der Waals surface area contributed by atoms with Gasteiger partial charge in [0.15, 0.2) is 5.78 Å². The molecule has 0 saturated heterocycles. The minimum Gasteiger partial charge on any atom is -0.478 e. The van der Waals surface area contributed by atoms with Crippen LogP contribution in [0.3, 0.4) is 0 Å². The Labute approximate surface area is 161 Å². The number of ketones is 1. The number of unbranched alkanes of at least 4 members (excludes halogenated alkanes) is 3. The molecule has 0 unspecified atom stereocenters. The van der Waals surface area contributed by atoms with Crippen LogP contribution in [0.2, 0.25) is 0 Å². The molecule has 0 radical (unpaired) electrons. The predicted octanol–water partition coefficient (Wildman–Crippen LogP) is 4.89. The van der Waals surface area contributed by atoms with Gasteiger partial charge in [0.2, 0.25) is 0 Å². The van der Waals surface area contributed by atoms with Crippen LogP contribution in [-0.4, -0.2) is 33.3 Å². The van der Waals surface area contributed by atoms with Gasteiger partial charge in [-0.2, -0.15) is 0 Å². The summed E-state index contributed by atoms with van der Waals surface area (Å²) < 4.78 is 0. The summed E-state index contributed by atoms with van der Waals surface area (Å²) in [5, 5.41) is 20.2. The van der Waals surface area contributed by atoms with Crippen LogP contribution >= 0.6 is 11.8 Å². The largest absolute Gasteiger partial charge is 0.478 e. The van der Waals surface area contributed by atoms with Gasteiger partial charge in [-0.1, -0.05) is 46.1 Å². The topological polar surface area (TPSA) is 74.6 Å². The number of carboxylic acids is 1. The lowest BCUT2D eigenvalue weighted by Gasteiger charge is -2.45. The average Bonchev–Trinajstić information content (AvgIpc) is 2.53. The fourth-order valence-corrected chi connectivity index (χ4v) is 4.40. The van der Waals surface area contributed by atoms with E-state index in [1.807, 2.05) is 20.8 Å². The Hall–Kier alpha value is -1.33. The number of carboxylic acid groups (broad SMARTS) is 1. The number of allylic oxidation sites excluding steroid dienone is 3. The van der Waals surface area contributed by atoms with Crippen LogP contribution in [0.15, 0.2) is 34.3 Å². The minimum atomic E-state index is -1.28. The molecule has 0 aromatic heterocycles. The van der Waals surface area contributed by atoms with Crippen LogP contribution in [0.4, 0.5) is 0 Å². The van der Waals surface area contributed by atoms with Gasteiger partial charge in [-0.25, -0.2) is 4.79 Å². The molecule has 0 aromatic carbocycles. The van der Waals surface area contributed by atoms with E-state index in [-0.39, 0.29) is 12.2 Å². The van der Waals surface area contributed by atoms with E-state index in [9.17, 15) is 14.7 Å². The molecule has 0 heterocycles. The van der Waals surface area contributed by atoms with Gasteiger partial charge >= 0.3 is 5.97 Å². The summed E-state index contributed by atoms with van der Waals surface area (Å²) in [6.45, 7) is 9.40. The van der Waals surface area contributed by atoms with Crippen molar-refractivity contribution in [3.8, 4) is 0 Å². The summed E-state index contributed by atoms with van der Waals surface area (Å²) in [7, 11) is 0. The van der Waals surface area contributed by atoms with Gasteiger partial charge in [-0.15, -0.1) is 11.8 Å². The molecular formula is C21H32O4S. The number of hydrogen-bond acceptors (Lipinski definition) is 4. The lowest BCUT2D eigenvalue weighted by atomic mass is 9.64. The second-order valence-electron chi connectivity index (χ2n) is 7.67. The first-order valence-corrected chi connectivity index (χ1v) is 10.2. The standard InChI is InChI=1S/C21H32O4S/c1-6-7-8-9-12-26-19-16(3)21(25,20(4,5)14-17(19)22)11-10-15(2)13-18(23)24/h10-11,13,25H,6-9,12,14H2,1-5H3,(H,23,24)/b11-10+,15-13-/t21-/m1/s1. The monoisotopic (exact) mass is 380 g/mol. The molecular weight excluding hydrogens is 348 g/mol. The maximum atomic E-state index is 12.6. The van der Waals surface area contributed by atoms with E-state index < -0.39 is 17.0 Å². The van der Waals surface area contributed by atoms with E-state index in [0.29, 0.717) is 16.1 Å². The molecule has 0 aromatic rings. The number of Topliss-reactive ketones (excluding diaryl/α,β-unsaturated/α-hetero) is 1. The zero-order chi connectivity index (χ0) is 20.0. The van der Waals surface area contributed by atoms with Crippen molar-refractivity contribution < 1.29 is 19.8 Å².